The summed E-state index contributed by atoms with van der Waals surface area (Å²) in [6.45, 7) is 2.05. The number of nitrogens with two attached hydrogens (primary N) is 1. The summed E-state index contributed by atoms with van der Waals surface area (Å²) in [5.74, 6) is 1.77. The van der Waals surface area contributed by atoms with Crippen LogP contribution >= 0.6 is 0 Å². The van der Waals surface area contributed by atoms with Gasteiger partial charge in [-0.3, -0.25) is 9.69 Å². The van der Waals surface area contributed by atoms with E-state index in [9.17, 15) is 4.79 Å². The molecule has 0 unspecified atom stereocenters. The average Bonchev–Trinajstić information content (AvgIpc) is 3.50. The topological polar surface area (TPSA) is 85.2 Å². The van der Waals surface area contributed by atoms with Crippen molar-refractivity contribution < 1.29 is 4.42 Å². The van der Waals surface area contributed by atoms with Crippen molar-refractivity contribution in [1.29, 1.82) is 0 Å². The van der Waals surface area contributed by atoms with Crippen LogP contribution in [0.4, 0.5) is 5.88 Å². The lowest BCUT2D eigenvalue weighted by molar-refractivity contribution is 0.241. The highest BCUT2D eigenvalue weighted by Crippen LogP contribution is 2.38. The predicted octanol–water partition coefficient (Wildman–Crippen LogP) is 2.60. The molecule has 0 bridgehead atoms. The molecule has 132 valence electrons. The van der Waals surface area contributed by atoms with Gasteiger partial charge in [0.2, 0.25) is 0 Å². The summed E-state index contributed by atoms with van der Waals surface area (Å²) in [5, 5.41) is 0.575. The normalized spacial score (nSPS) is 17.4. The van der Waals surface area contributed by atoms with Crippen molar-refractivity contribution in [3.63, 3.8) is 0 Å². The van der Waals surface area contributed by atoms with E-state index < -0.39 is 0 Å². The molecule has 1 fully saturated rings. The molecule has 5 rings (SSSR count). The van der Waals surface area contributed by atoms with E-state index in [1.165, 1.54) is 12.8 Å². The van der Waals surface area contributed by atoms with Gasteiger partial charge in [-0.05, 0) is 25.0 Å². The molecular formula is C20H20N4O2. The van der Waals surface area contributed by atoms with E-state index in [1.54, 1.807) is 12.1 Å². The van der Waals surface area contributed by atoms with Crippen LogP contribution in [0.5, 0.6) is 0 Å². The van der Waals surface area contributed by atoms with Gasteiger partial charge in [-0.2, -0.15) is 0 Å². The van der Waals surface area contributed by atoms with E-state index in [0.717, 1.165) is 36.6 Å². The first-order valence-electron chi connectivity index (χ1n) is 9.06. The largest absolute Gasteiger partial charge is 0.440 e. The van der Waals surface area contributed by atoms with Crippen LogP contribution in [-0.2, 0) is 19.5 Å². The fourth-order valence-corrected chi connectivity index (χ4v) is 3.63. The van der Waals surface area contributed by atoms with Gasteiger partial charge in [0.15, 0.2) is 11.3 Å². The molecule has 26 heavy (non-hydrogen) atoms. The Morgan fingerprint density at radius 1 is 1.27 bits per heavy atom. The van der Waals surface area contributed by atoms with E-state index in [0.29, 0.717) is 29.0 Å². The molecule has 6 heteroatoms. The minimum atomic E-state index is -0.0459. The Bertz CT molecular complexity index is 1060. The lowest BCUT2D eigenvalue weighted by Gasteiger charge is -2.28. The molecule has 1 aromatic carbocycles. The van der Waals surface area contributed by atoms with Crippen LogP contribution in [0.1, 0.15) is 41.4 Å². The summed E-state index contributed by atoms with van der Waals surface area (Å²) in [7, 11) is 0. The molecule has 6 nitrogen and oxygen atoms in total. The lowest BCUT2D eigenvalue weighted by atomic mass is 10.1. The summed E-state index contributed by atoms with van der Waals surface area (Å²) in [6.07, 6.45) is 5.24. The summed E-state index contributed by atoms with van der Waals surface area (Å²) >= 11 is 0. The SMILES string of the molecule is Nc1oc2ccccc2c(=O)c1CN1CCc2nc(C3CC3)ncc2C1. The number of para-hydroxylation sites is 1. The van der Waals surface area contributed by atoms with Gasteiger partial charge in [0.25, 0.3) is 0 Å². The number of hydrogen-bond donors (Lipinski definition) is 1. The number of benzene rings is 1. The van der Waals surface area contributed by atoms with E-state index in [1.807, 2.05) is 18.3 Å². The Morgan fingerprint density at radius 3 is 2.96 bits per heavy atom. The molecule has 2 aliphatic rings. The number of aromatic nitrogens is 2. The third-order valence-electron chi connectivity index (χ3n) is 5.28. The minimum Gasteiger partial charge on any atom is -0.440 e. The summed E-state index contributed by atoms with van der Waals surface area (Å²) < 4.78 is 5.66. The zero-order valence-corrected chi connectivity index (χ0v) is 14.4. The maximum atomic E-state index is 12.8. The van der Waals surface area contributed by atoms with Crippen molar-refractivity contribution in [2.75, 3.05) is 12.3 Å². The molecule has 1 saturated carbocycles. The number of fused-ring (bicyclic) bond motifs is 2. The Morgan fingerprint density at radius 2 is 2.12 bits per heavy atom. The van der Waals surface area contributed by atoms with Gasteiger partial charge in [-0.25, -0.2) is 9.97 Å². The number of nitrogens with zero attached hydrogens (tertiary/aromatic N) is 3. The molecule has 2 aromatic heterocycles. The van der Waals surface area contributed by atoms with E-state index >= 15 is 0 Å². The van der Waals surface area contributed by atoms with Gasteiger partial charge in [-0.1, -0.05) is 12.1 Å². The van der Waals surface area contributed by atoms with Crippen molar-refractivity contribution in [3.05, 3.63) is 63.3 Å². The van der Waals surface area contributed by atoms with Crippen LogP contribution in [0.25, 0.3) is 11.0 Å². The summed E-state index contributed by atoms with van der Waals surface area (Å²) in [4.78, 5) is 24.3. The molecule has 1 aliphatic carbocycles. The molecule has 0 saturated heterocycles. The quantitative estimate of drug-likeness (QED) is 0.783. The second-order valence-corrected chi connectivity index (χ2v) is 7.21. The second-order valence-electron chi connectivity index (χ2n) is 7.21. The maximum absolute atomic E-state index is 12.8. The first kappa shape index (κ1) is 15.5. The maximum Gasteiger partial charge on any atom is 0.199 e. The van der Waals surface area contributed by atoms with E-state index in [2.05, 4.69) is 9.88 Å². The standard InChI is InChI=1S/C20H20N4O2/c21-19-15(18(25)14-3-1-2-4-17(14)26-19)11-24-8-7-16-13(10-24)9-22-20(23-16)12-5-6-12/h1-4,9,12H,5-8,10-11,21H2. The molecule has 0 amide bonds. The van der Waals surface area contributed by atoms with Gasteiger partial charge in [0.1, 0.15) is 11.4 Å². The highest BCUT2D eigenvalue weighted by Gasteiger charge is 2.28. The van der Waals surface area contributed by atoms with Crippen LogP contribution in [-0.4, -0.2) is 21.4 Å². The first-order valence-corrected chi connectivity index (χ1v) is 9.06. The van der Waals surface area contributed by atoms with Crippen LogP contribution in [0, 0.1) is 0 Å². The zero-order valence-electron chi connectivity index (χ0n) is 14.4. The Balaban J connectivity index is 1.42. The van der Waals surface area contributed by atoms with Crippen molar-refractivity contribution >= 4 is 16.9 Å². The minimum absolute atomic E-state index is 0.0459. The van der Waals surface area contributed by atoms with Crippen molar-refractivity contribution in [2.45, 2.75) is 38.3 Å². The number of hydrogen-bond acceptors (Lipinski definition) is 6. The molecule has 3 aromatic rings. The lowest BCUT2D eigenvalue weighted by Crippen LogP contribution is -2.33. The van der Waals surface area contributed by atoms with Gasteiger partial charge in [-0.15, -0.1) is 0 Å². The van der Waals surface area contributed by atoms with Gasteiger partial charge < -0.3 is 10.2 Å². The van der Waals surface area contributed by atoms with Gasteiger partial charge in [0.05, 0.1) is 10.9 Å². The Labute approximate surface area is 150 Å². The average molecular weight is 348 g/mol. The number of anilines is 1. The van der Waals surface area contributed by atoms with E-state index in [-0.39, 0.29) is 11.3 Å². The summed E-state index contributed by atoms with van der Waals surface area (Å²) in [5.41, 5.74) is 9.35. The fraction of sp³-hybridized carbons (Fsp3) is 0.350. The van der Waals surface area contributed by atoms with Gasteiger partial charge in [0, 0.05) is 49.4 Å². The van der Waals surface area contributed by atoms with Gasteiger partial charge >= 0.3 is 0 Å². The second kappa shape index (κ2) is 5.92. The molecule has 1 aliphatic heterocycles. The Kier molecular flexibility index (Phi) is 3.53. The smallest absolute Gasteiger partial charge is 0.199 e. The van der Waals surface area contributed by atoms with Crippen LogP contribution in [0.15, 0.2) is 39.7 Å². The first-order chi connectivity index (χ1) is 12.7. The third-order valence-corrected chi connectivity index (χ3v) is 5.28. The highest BCUT2D eigenvalue weighted by molar-refractivity contribution is 5.78. The monoisotopic (exact) mass is 348 g/mol. The molecule has 2 N–H and O–H groups in total. The molecule has 0 radical (unpaired) electrons. The zero-order chi connectivity index (χ0) is 17.7. The van der Waals surface area contributed by atoms with Crippen LogP contribution < -0.4 is 11.2 Å². The number of nitrogen functional groups attached to an aromatic ring is 1. The Hall–Kier alpha value is -2.73. The van der Waals surface area contributed by atoms with Crippen molar-refractivity contribution in [2.24, 2.45) is 0 Å². The number of rotatable bonds is 3. The van der Waals surface area contributed by atoms with Crippen molar-refractivity contribution in [1.82, 2.24) is 14.9 Å². The van der Waals surface area contributed by atoms with E-state index in [4.69, 9.17) is 15.1 Å². The van der Waals surface area contributed by atoms with Crippen molar-refractivity contribution in [3.8, 4) is 0 Å². The molecule has 3 heterocycles. The third kappa shape index (κ3) is 2.66. The summed E-state index contributed by atoms with van der Waals surface area (Å²) in [6, 6.07) is 7.22. The molecule has 0 atom stereocenters. The fourth-order valence-electron chi connectivity index (χ4n) is 3.63. The van der Waals surface area contributed by atoms with Crippen LogP contribution in [0.3, 0.4) is 0 Å². The molecule has 0 spiro atoms. The van der Waals surface area contributed by atoms with Crippen LogP contribution in [0.2, 0.25) is 0 Å². The molecular weight excluding hydrogens is 328 g/mol. The predicted molar refractivity (Wildman–Crippen MR) is 98.7 cm³/mol. The highest BCUT2D eigenvalue weighted by atomic mass is 16.3.